The molecule has 88 valence electrons. The Morgan fingerprint density at radius 3 is 3.06 bits per heavy atom. The third kappa shape index (κ3) is 1.76. The summed E-state index contributed by atoms with van der Waals surface area (Å²) in [4.78, 5) is 4.29. The highest BCUT2D eigenvalue weighted by Crippen LogP contribution is 2.25. The Morgan fingerprint density at radius 2 is 2.44 bits per heavy atom. The van der Waals surface area contributed by atoms with E-state index in [-0.39, 0.29) is 0 Å². The number of rotatable bonds is 3. The van der Waals surface area contributed by atoms with Gasteiger partial charge < -0.3 is 14.6 Å². The fourth-order valence-electron chi connectivity index (χ4n) is 2.59. The van der Waals surface area contributed by atoms with Gasteiger partial charge in [-0.25, -0.2) is 4.98 Å². The molecule has 0 saturated carbocycles. The van der Waals surface area contributed by atoms with Crippen molar-refractivity contribution >= 4 is 0 Å². The molecule has 0 aliphatic carbocycles. The number of ether oxygens (including phenoxy) is 1. The molecule has 2 aliphatic heterocycles. The number of imidazole rings is 1. The highest BCUT2D eigenvalue weighted by atomic mass is 16.5. The van der Waals surface area contributed by atoms with Crippen LogP contribution in [0.1, 0.15) is 25.0 Å². The molecule has 4 heteroatoms. The van der Waals surface area contributed by atoms with Gasteiger partial charge in [0.1, 0.15) is 0 Å². The number of nitrogens with zero attached hydrogens (tertiary/aromatic N) is 2. The quantitative estimate of drug-likeness (QED) is 0.827. The Labute approximate surface area is 96.0 Å². The van der Waals surface area contributed by atoms with Gasteiger partial charge in [0.05, 0.1) is 12.4 Å². The molecule has 3 rings (SSSR count). The van der Waals surface area contributed by atoms with Crippen molar-refractivity contribution in [2.45, 2.75) is 31.9 Å². The van der Waals surface area contributed by atoms with Gasteiger partial charge in [0.15, 0.2) is 0 Å². The molecule has 2 atom stereocenters. The van der Waals surface area contributed by atoms with Crippen LogP contribution in [0.2, 0.25) is 0 Å². The Hall–Kier alpha value is -0.870. The van der Waals surface area contributed by atoms with Crippen LogP contribution in [-0.2, 0) is 11.3 Å². The standard InChI is InChI=1S/C12H19N3O/c1-9-10(2-3-16-9)7-15-8-14-6-12(15)11-4-13-5-11/h6,8-11,13H,2-5,7H2,1H3. The summed E-state index contributed by atoms with van der Waals surface area (Å²) in [5.74, 6) is 1.32. The molecule has 0 amide bonds. The highest BCUT2D eigenvalue weighted by Gasteiger charge is 2.27. The minimum Gasteiger partial charge on any atom is -0.378 e. The minimum absolute atomic E-state index is 0.398. The molecule has 0 radical (unpaired) electrons. The molecule has 0 bridgehead atoms. The van der Waals surface area contributed by atoms with E-state index in [1.807, 2.05) is 12.5 Å². The summed E-state index contributed by atoms with van der Waals surface area (Å²) in [6, 6.07) is 0. The maximum atomic E-state index is 5.61. The lowest BCUT2D eigenvalue weighted by Crippen LogP contribution is -2.41. The van der Waals surface area contributed by atoms with Gasteiger partial charge in [-0.15, -0.1) is 0 Å². The SMILES string of the molecule is CC1OCCC1Cn1cncc1C1CNC1. The van der Waals surface area contributed by atoms with Crippen LogP contribution in [0, 0.1) is 5.92 Å². The van der Waals surface area contributed by atoms with Crippen LogP contribution in [0.15, 0.2) is 12.5 Å². The maximum absolute atomic E-state index is 5.61. The van der Waals surface area contributed by atoms with Crippen molar-refractivity contribution in [3.63, 3.8) is 0 Å². The Balaban J connectivity index is 1.71. The molecule has 0 spiro atoms. The third-order valence-corrected chi connectivity index (χ3v) is 3.91. The van der Waals surface area contributed by atoms with Gasteiger partial charge in [0.2, 0.25) is 0 Å². The summed E-state index contributed by atoms with van der Waals surface area (Å²) in [7, 11) is 0. The van der Waals surface area contributed by atoms with Crippen LogP contribution < -0.4 is 5.32 Å². The molecule has 0 aromatic carbocycles. The Bertz CT molecular complexity index is 359. The van der Waals surface area contributed by atoms with Crippen LogP contribution in [-0.4, -0.2) is 35.4 Å². The van der Waals surface area contributed by atoms with E-state index in [9.17, 15) is 0 Å². The molecule has 3 heterocycles. The maximum Gasteiger partial charge on any atom is 0.0948 e. The number of nitrogens with one attached hydrogen (secondary N) is 1. The van der Waals surface area contributed by atoms with Gasteiger partial charge in [-0.05, 0) is 13.3 Å². The van der Waals surface area contributed by atoms with Crippen molar-refractivity contribution in [3.8, 4) is 0 Å². The lowest BCUT2D eigenvalue weighted by molar-refractivity contribution is 0.101. The predicted molar refractivity (Wildman–Crippen MR) is 61.4 cm³/mol. The summed E-state index contributed by atoms with van der Waals surface area (Å²) in [5.41, 5.74) is 1.39. The van der Waals surface area contributed by atoms with Gasteiger partial charge in [0.25, 0.3) is 0 Å². The van der Waals surface area contributed by atoms with E-state index < -0.39 is 0 Å². The van der Waals surface area contributed by atoms with Crippen LogP contribution in [0.3, 0.4) is 0 Å². The molecular weight excluding hydrogens is 202 g/mol. The topological polar surface area (TPSA) is 39.1 Å². The zero-order chi connectivity index (χ0) is 11.0. The van der Waals surface area contributed by atoms with E-state index in [0.717, 1.165) is 26.2 Å². The van der Waals surface area contributed by atoms with Crippen molar-refractivity contribution < 1.29 is 4.74 Å². The van der Waals surface area contributed by atoms with E-state index >= 15 is 0 Å². The first-order valence-corrected chi connectivity index (χ1v) is 6.17. The van der Waals surface area contributed by atoms with Crippen molar-refractivity contribution in [1.29, 1.82) is 0 Å². The average molecular weight is 221 g/mol. The largest absolute Gasteiger partial charge is 0.378 e. The second-order valence-corrected chi connectivity index (χ2v) is 4.95. The zero-order valence-electron chi connectivity index (χ0n) is 9.72. The first-order valence-electron chi connectivity index (χ1n) is 6.17. The van der Waals surface area contributed by atoms with Crippen molar-refractivity contribution in [2.75, 3.05) is 19.7 Å². The van der Waals surface area contributed by atoms with Gasteiger partial charge in [-0.2, -0.15) is 0 Å². The summed E-state index contributed by atoms with van der Waals surface area (Å²) >= 11 is 0. The lowest BCUT2D eigenvalue weighted by atomic mass is 9.98. The lowest BCUT2D eigenvalue weighted by Gasteiger charge is -2.28. The van der Waals surface area contributed by atoms with Gasteiger partial charge in [-0.3, -0.25) is 0 Å². The van der Waals surface area contributed by atoms with E-state index in [1.54, 1.807) is 0 Å². The smallest absolute Gasteiger partial charge is 0.0948 e. The normalized spacial score (nSPS) is 30.6. The van der Waals surface area contributed by atoms with Crippen molar-refractivity contribution in [2.24, 2.45) is 5.92 Å². The van der Waals surface area contributed by atoms with E-state index in [2.05, 4.69) is 21.8 Å². The molecule has 2 unspecified atom stereocenters. The minimum atomic E-state index is 0.398. The van der Waals surface area contributed by atoms with Crippen LogP contribution >= 0.6 is 0 Å². The molecule has 16 heavy (non-hydrogen) atoms. The number of aromatic nitrogens is 2. The monoisotopic (exact) mass is 221 g/mol. The molecule has 1 N–H and O–H groups in total. The van der Waals surface area contributed by atoms with Crippen LogP contribution in [0.5, 0.6) is 0 Å². The molecule has 4 nitrogen and oxygen atoms in total. The molecular formula is C12H19N3O. The van der Waals surface area contributed by atoms with Gasteiger partial charge >= 0.3 is 0 Å². The van der Waals surface area contributed by atoms with Gasteiger partial charge in [-0.1, -0.05) is 0 Å². The fourth-order valence-corrected chi connectivity index (χ4v) is 2.59. The third-order valence-electron chi connectivity index (χ3n) is 3.91. The average Bonchev–Trinajstić information content (AvgIpc) is 2.76. The number of hydrogen-bond acceptors (Lipinski definition) is 3. The molecule has 2 aliphatic rings. The molecule has 1 aromatic heterocycles. The van der Waals surface area contributed by atoms with E-state index in [1.165, 1.54) is 12.1 Å². The first kappa shape index (κ1) is 10.3. The Kier molecular flexibility index (Phi) is 2.69. The predicted octanol–water partition coefficient (Wildman–Crippen LogP) is 0.995. The molecule has 1 aromatic rings. The number of hydrogen-bond donors (Lipinski definition) is 1. The fraction of sp³-hybridized carbons (Fsp3) is 0.750. The van der Waals surface area contributed by atoms with E-state index in [0.29, 0.717) is 17.9 Å². The summed E-state index contributed by atoms with van der Waals surface area (Å²) < 4.78 is 7.93. The summed E-state index contributed by atoms with van der Waals surface area (Å²) in [6.45, 7) is 6.36. The second-order valence-electron chi connectivity index (χ2n) is 4.95. The first-order chi connectivity index (χ1) is 7.84. The summed E-state index contributed by atoms with van der Waals surface area (Å²) in [6.07, 6.45) is 5.57. The molecule has 2 saturated heterocycles. The van der Waals surface area contributed by atoms with Crippen LogP contribution in [0.25, 0.3) is 0 Å². The van der Waals surface area contributed by atoms with Crippen molar-refractivity contribution in [3.05, 3.63) is 18.2 Å². The molecule has 2 fully saturated rings. The van der Waals surface area contributed by atoms with Gasteiger partial charge in [0, 0.05) is 50.0 Å². The summed E-state index contributed by atoms with van der Waals surface area (Å²) in [5, 5.41) is 3.31. The Morgan fingerprint density at radius 1 is 1.56 bits per heavy atom. The van der Waals surface area contributed by atoms with Crippen LogP contribution in [0.4, 0.5) is 0 Å². The van der Waals surface area contributed by atoms with E-state index in [4.69, 9.17) is 4.74 Å². The zero-order valence-corrected chi connectivity index (χ0v) is 9.72. The second kappa shape index (κ2) is 4.18. The highest BCUT2D eigenvalue weighted by molar-refractivity contribution is 5.11. The van der Waals surface area contributed by atoms with Crippen molar-refractivity contribution in [1.82, 2.24) is 14.9 Å².